The van der Waals surface area contributed by atoms with Crippen LogP contribution in [0.3, 0.4) is 0 Å². The molecule has 0 unspecified atom stereocenters. The number of anilines is 1. The van der Waals surface area contributed by atoms with E-state index in [1.807, 2.05) is 30.5 Å². The number of nitrogens with zero attached hydrogens (tertiary/aromatic N) is 1. The van der Waals surface area contributed by atoms with E-state index in [0.29, 0.717) is 17.8 Å². The highest BCUT2D eigenvalue weighted by Gasteiger charge is 2.07. The molecule has 2 rings (SSSR count). The molecule has 0 atom stereocenters. The highest BCUT2D eigenvalue weighted by molar-refractivity contribution is 7.98. The van der Waals surface area contributed by atoms with E-state index in [2.05, 4.69) is 10.3 Å². The predicted octanol–water partition coefficient (Wildman–Crippen LogP) is 2.51. The van der Waals surface area contributed by atoms with Crippen molar-refractivity contribution in [1.29, 1.82) is 0 Å². The Bertz CT molecular complexity index is 569. The van der Waals surface area contributed by atoms with Crippen molar-refractivity contribution in [3.63, 3.8) is 0 Å². The standard InChI is InChI=1S/C14H15N3OS/c1-19-13-4-2-11(3-5-13)17-14(18)10-6-7-16-12(8-10)9-15/h2-8H,9,15H2,1H3,(H,17,18). The van der Waals surface area contributed by atoms with Crippen molar-refractivity contribution in [2.75, 3.05) is 11.6 Å². The monoisotopic (exact) mass is 273 g/mol. The molecule has 1 aromatic carbocycles. The number of thioether (sulfide) groups is 1. The van der Waals surface area contributed by atoms with Crippen LogP contribution in [0, 0.1) is 0 Å². The largest absolute Gasteiger partial charge is 0.325 e. The predicted molar refractivity (Wildman–Crippen MR) is 78.3 cm³/mol. The molecule has 0 fully saturated rings. The van der Waals surface area contributed by atoms with Gasteiger partial charge in [0.2, 0.25) is 0 Å². The van der Waals surface area contributed by atoms with Crippen LogP contribution >= 0.6 is 11.8 Å². The number of nitrogens with one attached hydrogen (secondary N) is 1. The lowest BCUT2D eigenvalue weighted by atomic mass is 10.2. The SMILES string of the molecule is CSc1ccc(NC(=O)c2ccnc(CN)c2)cc1. The summed E-state index contributed by atoms with van der Waals surface area (Å²) < 4.78 is 0. The maximum Gasteiger partial charge on any atom is 0.255 e. The summed E-state index contributed by atoms with van der Waals surface area (Å²) >= 11 is 1.66. The second kappa shape index (κ2) is 6.36. The Labute approximate surface area is 116 Å². The van der Waals surface area contributed by atoms with Gasteiger partial charge in [0.15, 0.2) is 0 Å². The average molecular weight is 273 g/mol. The quantitative estimate of drug-likeness (QED) is 0.840. The van der Waals surface area contributed by atoms with E-state index >= 15 is 0 Å². The van der Waals surface area contributed by atoms with Gasteiger partial charge in [0, 0.05) is 28.9 Å². The summed E-state index contributed by atoms with van der Waals surface area (Å²) in [6.07, 6.45) is 3.60. The lowest BCUT2D eigenvalue weighted by Crippen LogP contribution is -2.13. The topological polar surface area (TPSA) is 68.0 Å². The molecule has 1 amide bonds. The zero-order valence-corrected chi connectivity index (χ0v) is 11.4. The molecule has 0 spiro atoms. The van der Waals surface area contributed by atoms with Crippen molar-refractivity contribution in [1.82, 2.24) is 4.98 Å². The Balaban J connectivity index is 2.11. The minimum Gasteiger partial charge on any atom is -0.325 e. The number of hydrogen-bond acceptors (Lipinski definition) is 4. The van der Waals surface area contributed by atoms with Gasteiger partial charge in [-0.3, -0.25) is 9.78 Å². The molecular weight excluding hydrogens is 258 g/mol. The normalized spacial score (nSPS) is 10.2. The zero-order chi connectivity index (χ0) is 13.7. The van der Waals surface area contributed by atoms with Crippen LogP contribution in [0.25, 0.3) is 0 Å². The highest BCUT2D eigenvalue weighted by Crippen LogP contribution is 2.18. The van der Waals surface area contributed by atoms with Gasteiger partial charge in [0.1, 0.15) is 0 Å². The molecule has 5 heteroatoms. The van der Waals surface area contributed by atoms with Gasteiger partial charge >= 0.3 is 0 Å². The summed E-state index contributed by atoms with van der Waals surface area (Å²) in [5.41, 5.74) is 7.54. The van der Waals surface area contributed by atoms with E-state index in [1.165, 1.54) is 0 Å². The lowest BCUT2D eigenvalue weighted by Gasteiger charge is -2.06. The van der Waals surface area contributed by atoms with Crippen LogP contribution in [0.2, 0.25) is 0 Å². The van der Waals surface area contributed by atoms with E-state index in [4.69, 9.17) is 5.73 Å². The summed E-state index contributed by atoms with van der Waals surface area (Å²) in [6, 6.07) is 11.1. The third kappa shape index (κ3) is 3.56. The van der Waals surface area contributed by atoms with Crippen LogP contribution in [0.5, 0.6) is 0 Å². The van der Waals surface area contributed by atoms with E-state index < -0.39 is 0 Å². The number of carbonyl (C=O) groups excluding carboxylic acids is 1. The Morgan fingerprint density at radius 1 is 1.32 bits per heavy atom. The number of carbonyl (C=O) groups is 1. The molecule has 0 radical (unpaired) electrons. The van der Waals surface area contributed by atoms with E-state index in [0.717, 1.165) is 10.6 Å². The van der Waals surface area contributed by atoms with Crippen LogP contribution < -0.4 is 11.1 Å². The number of aromatic nitrogens is 1. The van der Waals surface area contributed by atoms with Crippen molar-refractivity contribution in [2.45, 2.75) is 11.4 Å². The van der Waals surface area contributed by atoms with E-state index in [-0.39, 0.29) is 5.91 Å². The second-order valence-electron chi connectivity index (χ2n) is 3.92. The summed E-state index contributed by atoms with van der Waals surface area (Å²) in [4.78, 5) is 17.3. The molecule has 0 bridgehead atoms. The number of rotatable bonds is 4. The van der Waals surface area contributed by atoms with Crippen LogP contribution in [0.15, 0.2) is 47.5 Å². The number of benzene rings is 1. The Morgan fingerprint density at radius 2 is 2.05 bits per heavy atom. The maximum atomic E-state index is 12.1. The minimum atomic E-state index is -0.158. The first-order valence-corrected chi connectivity index (χ1v) is 7.06. The first kappa shape index (κ1) is 13.6. The molecule has 19 heavy (non-hydrogen) atoms. The van der Waals surface area contributed by atoms with Gasteiger partial charge in [-0.2, -0.15) is 0 Å². The van der Waals surface area contributed by atoms with Crippen molar-refractivity contribution in [3.05, 3.63) is 53.9 Å². The van der Waals surface area contributed by atoms with Crippen molar-refractivity contribution in [3.8, 4) is 0 Å². The minimum absolute atomic E-state index is 0.158. The number of pyridine rings is 1. The third-order valence-corrected chi connectivity index (χ3v) is 3.38. The fourth-order valence-corrected chi connectivity index (χ4v) is 2.02. The number of nitrogens with two attached hydrogens (primary N) is 1. The zero-order valence-electron chi connectivity index (χ0n) is 10.6. The molecule has 4 nitrogen and oxygen atoms in total. The van der Waals surface area contributed by atoms with Gasteiger partial charge in [-0.15, -0.1) is 11.8 Å². The van der Waals surface area contributed by atoms with Crippen molar-refractivity contribution < 1.29 is 4.79 Å². The van der Waals surface area contributed by atoms with E-state index in [1.54, 1.807) is 30.1 Å². The van der Waals surface area contributed by atoms with Crippen LogP contribution in [0.1, 0.15) is 16.1 Å². The molecule has 0 saturated carbocycles. The Morgan fingerprint density at radius 3 is 2.68 bits per heavy atom. The van der Waals surface area contributed by atoms with Gasteiger partial charge in [0.05, 0.1) is 5.69 Å². The molecule has 0 saturated heterocycles. The first-order chi connectivity index (χ1) is 9.22. The van der Waals surface area contributed by atoms with Crippen LogP contribution in [0.4, 0.5) is 5.69 Å². The van der Waals surface area contributed by atoms with Gasteiger partial charge < -0.3 is 11.1 Å². The molecule has 0 aliphatic carbocycles. The van der Waals surface area contributed by atoms with Gasteiger partial charge in [-0.1, -0.05) is 0 Å². The molecule has 98 valence electrons. The molecule has 0 aliphatic heterocycles. The Hall–Kier alpha value is -1.85. The number of amides is 1. The van der Waals surface area contributed by atoms with Crippen molar-refractivity contribution in [2.24, 2.45) is 5.73 Å². The molecule has 3 N–H and O–H groups in total. The van der Waals surface area contributed by atoms with Gasteiger partial charge in [0.25, 0.3) is 5.91 Å². The van der Waals surface area contributed by atoms with Gasteiger partial charge in [-0.05, 0) is 42.7 Å². The third-order valence-electron chi connectivity index (χ3n) is 2.64. The summed E-state index contributed by atoms with van der Waals surface area (Å²) in [7, 11) is 0. The van der Waals surface area contributed by atoms with Crippen molar-refractivity contribution >= 4 is 23.4 Å². The summed E-state index contributed by atoms with van der Waals surface area (Å²) in [6.45, 7) is 0.323. The molecule has 1 heterocycles. The fraction of sp³-hybridized carbons (Fsp3) is 0.143. The summed E-state index contributed by atoms with van der Waals surface area (Å²) in [5.74, 6) is -0.158. The van der Waals surface area contributed by atoms with Gasteiger partial charge in [-0.25, -0.2) is 0 Å². The fourth-order valence-electron chi connectivity index (χ4n) is 1.61. The molecule has 1 aromatic heterocycles. The second-order valence-corrected chi connectivity index (χ2v) is 4.80. The van der Waals surface area contributed by atoms with E-state index in [9.17, 15) is 4.79 Å². The Kier molecular flexibility index (Phi) is 4.54. The van der Waals surface area contributed by atoms with Crippen LogP contribution in [-0.2, 0) is 6.54 Å². The first-order valence-electron chi connectivity index (χ1n) is 5.83. The lowest BCUT2D eigenvalue weighted by molar-refractivity contribution is 0.102. The molecule has 2 aromatic rings. The highest BCUT2D eigenvalue weighted by atomic mass is 32.2. The molecular formula is C14H15N3OS. The smallest absolute Gasteiger partial charge is 0.255 e. The number of hydrogen-bond donors (Lipinski definition) is 2. The summed E-state index contributed by atoms with van der Waals surface area (Å²) in [5, 5.41) is 2.84. The average Bonchev–Trinajstić information content (AvgIpc) is 2.48. The van der Waals surface area contributed by atoms with Crippen LogP contribution in [-0.4, -0.2) is 17.1 Å². The maximum absolute atomic E-state index is 12.1. The molecule has 0 aliphatic rings.